The molecule has 1 aliphatic heterocycles. The Morgan fingerprint density at radius 3 is 2.33 bits per heavy atom. The number of likely N-dealkylation sites (N-methyl/N-ethyl adjacent to an activating group) is 1. The lowest BCUT2D eigenvalue weighted by atomic mass is 9.81. The first kappa shape index (κ1) is 23.2. The second-order valence-corrected chi connectivity index (χ2v) is 5.68. The number of piperidine rings is 1. The van der Waals surface area contributed by atoms with Crippen molar-refractivity contribution in [2.75, 3.05) is 26.2 Å². The van der Waals surface area contributed by atoms with Crippen LogP contribution in [0, 0.1) is 5.41 Å². The van der Waals surface area contributed by atoms with Crippen molar-refractivity contribution in [3.63, 3.8) is 0 Å². The van der Waals surface area contributed by atoms with E-state index in [0.717, 1.165) is 25.9 Å². The van der Waals surface area contributed by atoms with Crippen molar-refractivity contribution in [2.24, 2.45) is 11.1 Å². The van der Waals surface area contributed by atoms with Gasteiger partial charge in [-0.2, -0.15) is 0 Å². The first-order valence-electron chi connectivity index (χ1n) is 7.86. The molecule has 1 aliphatic rings. The number of hydrogen-bond acceptors (Lipinski definition) is 3. The number of rotatable bonds is 7. The summed E-state index contributed by atoms with van der Waals surface area (Å²) < 4.78 is 0. The van der Waals surface area contributed by atoms with Gasteiger partial charge in [0.1, 0.15) is 0 Å². The highest BCUT2D eigenvalue weighted by molar-refractivity contribution is 5.85. The van der Waals surface area contributed by atoms with Crippen molar-refractivity contribution in [2.45, 2.75) is 58.9 Å². The van der Waals surface area contributed by atoms with Gasteiger partial charge in [0.2, 0.25) is 5.91 Å². The zero-order valence-corrected chi connectivity index (χ0v) is 15.3. The molecule has 1 rings (SSSR count). The molecule has 0 aromatic heterocycles. The van der Waals surface area contributed by atoms with E-state index in [4.69, 9.17) is 5.73 Å². The Kier molecular flexibility index (Phi) is 12.8. The van der Waals surface area contributed by atoms with Crippen molar-refractivity contribution in [3.8, 4) is 0 Å². The summed E-state index contributed by atoms with van der Waals surface area (Å²) in [6.45, 7) is 9.75. The fraction of sp³-hybridized carbons (Fsp3) is 0.933. The second-order valence-electron chi connectivity index (χ2n) is 5.68. The molecule has 1 saturated heterocycles. The van der Waals surface area contributed by atoms with Gasteiger partial charge in [-0.25, -0.2) is 0 Å². The summed E-state index contributed by atoms with van der Waals surface area (Å²) in [6.07, 6.45) is 5.39. The number of carbonyl (C=O) groups excluding carboxylic acids is 1. The predicted molar refractivity (Wildman–Crippen MR) is 94.5 cm³/mol. The van der Waals surface area contributed by atoms with E-state index in [2.05, 4.69) is 31.0 Å². The molecule has 0 radical (unpaired) electrons. The van der Waals surface area contributed by atoms with Crippen LogP contribution in [-0.2, 0) is 4.79 Å². The van der Waals surface area contributed by atoms with Gasteiger partial charge in [0.25, 0.3) is 0 Å². The molecular formula is C15H33Cl2N3O. The molecule has 1 unspecified atom stereocenters. The van der Waals surface area contributed by atoms with Crippen LogP contribution in [0.2, 0.25) is 0 Å². The summed E-state index contributed by atoms with van der Waals surface area (Å²) in [7, 11) is 0. The number of hydrogen-bond donors (Lipinski definition) is 2. The zero-order valence-electron chi connectivity index (χ0n) is 13.7. The molecule has 0 aliphatic carbocycles. The summed E-state index contributed by atoms with van der Waals surface area (Å²) in [4.78, 5) is 14.9. The topological polar surface area (TPSA) is 58.4 Å². The normalized spacial score (nSPS) is 19.3. The lowest BCUT2D eigenvalue weighted by molar-refractivity contribution is -0.131. The zero-order chi connectivity index (χ0) is 14.3. The largest absolute Gasteiger partial charge is 0.354 e. The molecule has 0 spiro atoms. The molecular weight excluding hydrogens is 309 g/mol. The standard InChI is InChI=1S/C15H31N3O.2ClH/c1-4-15(5-2,12-16)14(19)17-11-13-9-7-8-10-18(13)6-3;;/h13H,4-12,16H2,1-3H3,(H,17,19);2*1H. The highest BCUT2D eigenvalue weighted by Crippen LogP contribution is 2.25. The van der Waals surface area contributed by atoms with Crippen LogP contribution in [0.15, 0.2) is 0 Å². The number of nitrogens with two attached hydrogens (primary N) is 1. The maximum absolute atomic E-state index is 12.4. The predicted octanol–water partition coefficient (Wildman–Crippen LogP) is 2.59. The maximum Gasteiger partial charge on any atom is 0.227 e. The molecule has 6 heteroatoms. The van der Waals surface area contributed by atoms with E-state index in [1.807, 2.05) is 0 Å². The fourth-order valence-corrected chi connectivity index (χ4v) is 3.06. The molecule has 0 saturated carbocycles. The van der Waals surface area contributed by atoms with Crippen LogP contribution >= 0.6 is 24.8 Å². The van der Waals surface area contributed by atoms with Crippen LogP contribution in [0.1, 0.15) is 52.9 Å². The molecule has 4 nitrogen and oxygen atoms in total. The molecule has 1 atom stereocenters. The van der Waals surface area contributed by atoms with E-state index < -0.39 is 0 Å². The van der Waals surface area contributed by atoms with Crippen LogP contribution in [0.25, 0.3) is 0 Å². The van der Waals surface area contributed by atoms with Crippen molar-refractivity contribution in [3.05, 3.63) is 0 Å². The Morgan fingerprint density at radius 1 is 1.24 bits per heavy atom. The average Bonchev–Trinajstić information content (AvgIpc) is 2.47. The van der Waals surface area contributed by atoms with Gasteiger partial charge in [0, 0.05) is 19.1 Å². The third kappa shape index (κ3) is 5.93. The minimum Gasteiger partial charge on any atom is -0.354 e. The second kappa shape index (κ2) is 11.5. The van der Waals surface area contributed by atoms with Crippen molar-refractivity contribution in [1.82, 2.24) is 10.2 Å². The van der Waals surface area contributed by atoms with Crippen molar-refractivity contribution >= 4 is 30.7 Å². The number of nitrogens with one attached hydrogen (secondary N) is 1. The Balaban J connectivity index is 0. The quantitative estimate of drug-likeness (QED) is 0.748. The number of carbonyl (C=O) groups is 1. The van der Waals surface area contributed by atoms with E-state index in [-0.39, 0.29) is 36.1 Å². The molecule has 1 amide bonds. The summed E-state index contributed by atoms with van der Waals surface area (Å²) in [6, 6.07) is 0.506. The van der Waals surface area contributed by atoms with Crippen molar-refractivity contribution < 1.29 is 4.79 Å². The fourth-order valence-electron chi connectivity index (χ4n) is 3.06. The Bertz CT molecular complexity index is 278. The van der Waals surface area contributed by atoms with E-state index in [1.165, 1.54) is 25.8 Å². The highest BCUT2D eigenvalue weighted by atomic mass is 35.5. The Labute approximate surface area is 142 Å². The van der Waals surface area contributed by atoms with Crippen LogP contribution in [0.4, 0.5) is 0 Å². The molecule has 0 aromatic rings. The summed E-state index contributed by atoms with van der Waals surface area (Å²) >= 11 is 0. The Morgan fingerprint density at radius 2 is 1.86 bits per heavy atom. The number of amides is 1. The van der Waals surface area contributed by atoms with E-state index in [1.54, 1.807) is 0 Å². The lowest BCUT2D eigenvalue weighted by Crippen LogP contribution is -2.51. The van der Waals surface area contributed by atoms with Gasteiger partial charge < -0.3 is 11.1 Å². The van der Waals surface area contributed by atoms with Crippen LogP contribution in [0.5, 0.6) is 0 Å². The molecule has 0 bridgehead atoms. The van der Waals surface area contributed by atoms with Gasteiger partial charge in [0.15, 0.2) is 0 Å². The van der Waals surface area contributed by atoms with Crippen LogP contribution < -0.4 is 11.1 Å². The van der Waals surface area contributed by atoms with Gasteiger partial charge in [-0.15, -0.1) is 24.8 Å². The average molecular weight is 342 g/mol. The van der Waals surface area contributed by atoms with Gasteiger partial charge in [0.05, 0.1) is 5.41 Å². The SMILES string of the molecule is CCN1CCCCC1CNC(=O)C(CC)(CC)CN.Cl.Cl. The third-order valence-electron chi connectivity index (χ3n) is 4.88. The van der Waals surface area contributed by atoms with Gasteiger partial charge in [-0.1, -0.05) is 27.2 Å². The molecule has 128 valence electrons. The molecule has 21 heavy (non-hydrogen) atoms. The van der Waals surface area contributed by atoms with Crippen LogP contribution in [-0.4, -0.2) is 43.0 Å². The smallest absolute Gasteiger partial charge is 0.227 e. The molecule has 3 N–H and O–H groups in total. The van der Waals surface area contributed by atoms with E-state index in [0.29, 0.717) is 12.6 Å². The van der Waals surface area contributed by atoms with E-state index in [9.17, 15) is 4.79 Å². The number of halogens is 2. The number of likely N-dealkylation sites (tertiary alicyclic amines) is 1. The minimum absolute atomic E-state index is 0. The maximum atomic E-state index is 12.4. The highest BCUT2D eigenvalue weighted by Gasteiger charge is 2.33. The van der Waals surface area contributed by atoms with Gasteiger partial charge in [-0.05, 0) is 38.8 Å². The molecule has 0 aromatic carbocycles. The lowest BCUT2D eigenvalue weighted by Gasteiger charge is -2.36. The summed E-state index contributed by atoms with van der Waals surface area (Å²) in [5.74, 6) is 0.140. The minimum atomic E-state index is -0.369. The van der Waals surface area contributed by atoms with Gasteiger partial charge >= 0.3 is 0 Å². The Hall–Kier alpha value is -0.0300. The van der Waals surface area contributed by atoms with Crippen molar-refractivity contribution in [1.29, 1.82) is 0 Å². The van der Waals surface area contributed by atoms with E-state index >= 15 is 0 Å². The monoisotopic (exact) mass is 341 g/mol. The van der Waals surface area contributed by atoms with Crippen LogP contribution in [0.3, 0.4) is 0 Å². The number of nitrogens with zero attached hydrogens (tertiary/aromatic N) is 1. The van der Waals surface area contributed by atoms with Gasteiger partial charge in [-0.3, -0.25) is 9.69 Å². The first-order chi connectivity index (χ1) is 9.13. The summed E-state index contributed by atoms with van der Waals surface area (Å²) in [5, 5.41) is 3.15. The first-order valence-corrected chi connectivity index (χ1v) is 7.86. The molecule has 1 heterocycles. The molecule has 1 fully saturated rings. The summed E-state index contributed by atoms with van der Waals surface area (Å²) in [5.41, 5.74) is 5.45. The third-order valence-corrected chi connectivity index (χ3v) is 4.88.